The quantitative estimate of drug-likeness (QED) is 0.249. The third kappa shape index (κ3) is 6.48. The number of nitrogens with zero attached hydrogens (tertiary/aromatic N) is 2. The van der Waals surface area contributed by atoms with E-state index < -0.39 is 84.1 Å². The van der Waals surface area contributed by atoms with Gasteiger partial charge in [0, 0.05) is 25.7 Å². The van der Waals surface area contributed by atoms with Crippen molar-refractivity contribution in [2.45, 2.75) is 68.5 Å². The number of aliphatic hydroxyl groups is 1. The lowest BCUT2D eigenvalue weighted by Crippen LogP contribution is -2.53. The Morgan fingerprint density at radius 2 is 1.63 bits per heavy atom. The highest BCUT2D eigenvalue weighted by Crippen LogP contribution is 2.49. The van der Waals surface area contributed by atoms with Gasteiger partial charge in [-0.15, -0.1) is 0 Å². The Kier molecular flexibility index (Phi) is 8.56. The molecule has 0 unspecified atom stereocenters. The molecule has 1 amide bonds. The largest absolute Gasteiger partial charge is 0.416 e. The average Bonchev–Trinajstić information content (AvgIpc) is 3.32. The van der Waals surface area contributed by atoms with Crippen molar-refractivity contribution in [3.8, 4) is 0 Å². The minimum atomic E-state index is -5.09. The van der Waals surface area contributed by atoms with Crippen LogP contribution in [0, 0.1) is 15.5 Å². The van der Waals surface area contributed by atoms with Crippen molar-refractivity contribution in [2.75, 3.05) is 7.05 Å². The maximum atomic E-state index is 13.4. The molecular weight excluding hydrogens is 584 g/mol. The van der Waals surface area contributed by atoms with Crippen molar-refractivity contribution in [3.05, 3.63) is 69.3 Å². The Morgan fingerprint density at radius 1 is 1.10 bits per heavy atom. The van der Waals surface area contributed by atoms with Gasteiger partial charge in [0.2, 0.25) is 15.9 Å². The molecule has 0 bridgehead atoms. The van der Waals surface area contributed by atoms with Crippen LogP contribution in [0.4, 0.5) is 32.0 Å². The molecule has 9 nitrogen and oxygen atoms in total. The first-order valence-corrected chi connectivity index (χ1v) is 13.6. The lowest BCUT2D eigenvalue weighted by atomic mass is 9.71. The molecule has 1 aliphatic rings. The summed E-state index contributed by atoms with van der Waals surface area (Å²) < 4.78 is 107. The molecule has 1 fully saturated rings. The van der Waals surface area contributed by atoms with Crippen LogP contribution < -0.4 is 5.32 Å². The molecule has 2 aromatic rings. The fourth-order valence-electron chi connectivity index (χ4n) is 5.02. The highest BCUT2D eigenvalue weighted by molar-refractivity contribution is 7.89. The number of hydrogen-bond donors (Lipinski definition) is 2. The van der Waals surface area contributed by atoms with E-state index in [1.165, 1.54) is 26.0 Å². The van der Waals surface area contributed by atoms with Gasteiger partial charge in [-0.3, -0.25) is 14.9 Å². The van der Waals surface area contributed by atoms with Gasteiger partial charge in [-0.05, 0) is 62.9 Å². The fourth-order valence-corrected chi connectivity index (χ4v) is 6.56. The van der Waals surface area contributed by atoms with Crippen LogP contribution in [0.1, 0.15) is 49.8 Å². The molecule has 0 radical (unpaired) electrons. The molecule has 1 aliphatic carbocycles. The average molecular weight is 612 g/mol. The van der Waals surface area contributed by atoms with E-state index in [1.807, 2.05) is 0 Å². The molecule has 1 saturated carbocycles. The summed E-state index contributed by atoms with van der Waals surface area (Å²) in [6, 6.07) is 4.63. The second-order valence-electron chi connectivity index (χ2n) is 10.4. The first kappa shape index (κ1) is 32.3. The number of carbonyl (C=O) groups excluding carboxylic acids is 1. The minimum Gasteiger partial charge on any atom is -0.389 e. The topological polar surface area (TPSA) is 130 Å². The number of nitro benzene ring substituents is 1. The van der Waals surface area contributed by atoms with Crippen LogP contribution in [0.25, 0.3) is 0 Å². The van der Waals surface area contributed by atoms with Crippen LogP contribution in [0.5, 0.6) is 0 Å². The fraction of sp³-hybridized carbons (Fsp3) is 0.480. The number of halogens is 6. The number of nitrogens with one attached hydrogen (secondary N) is 1. The molecule has 0 aromatic heterocycles. The van der Waals surface area contributed by atoms with Crippen molar-refractivity contribution in [2.24, 2.45) is 5.41 Å². The van der Waals surface area contributed by atoms with Crippen LogP contribution in [0.3, 0.4) is 0 Å². The summed E-state index contributed by atoms with van der Waals surface area (Å²) in [6.45, 7) is 1.81. The molecule has 2 atom stereocenters. The SMILES string of the molecule is CN([C@@H]1CC[C@@](C(=O)NCc2cc(C(F)(F)F)cc(C(F)(F)F)c2)(C(C)(C)O)C1)S(=O)(=O)c1ccccc1[N+](=O)[O-]. The summed E-state index contributed by atoms with van der Waals surface area (Å²) in [7, 11) is -3.28. The zero-order valence-corrected chi connectivity index (χ0v) is 22.8. The van der Waals surface area contributed by atoms with E-state index in [9.17, 15) is 54.8 Å². The number of amides is 1. The predicted molar refractivity (Wildman–Crippen MR) is 133 cm³/mol. The zero-order chi connectivity index (χ0) is 31.2. The van der Waals surface area contributed by atoms with Gasteiger partial charge in [0.25, 0.3) is 5.69 Å². The van der Waals surface area contributed by atoms with E-state index in [4.69, 9.17) is 0 Å². The van der Waals surface area contributed by atoms with Crippen LogP contribution in [0.2, 0.25) is 0 Å². The van der Waals surface area contributed by atoms with E-state index in [2.05, 4.69) is 5.32 Å². The molecule has 16 heteroatoms. The number of nitro groups is 1. The molecule has 41 heavy (non-hydrogen) atoms. The molecule has 0 heterocycles. The Bertz CT molecular complexity index is 1410. The molecule has 2 aromatic carbocycles. The van der Waals surface area contributed by atoms with Crippen molar-refractivity contribution >= 4 is 21.6 Å². The van der Waals surface area contributed by atoms with Crippen LogP contribution in [-0.2, 0) is 33.7 Å². The summed E-state index contributed by atoms with van der Waals surface area (Å²) in [4.78, 5) is 23.4. The maximum Gasteiger partial charge on any atom is 0.416 e. The van der Waals surface area contributed by atoms with Gasteiger partial charge in [0.1, 0.15) is 0 Å². The van der Waals surface area contributed by atoms with Crippen molar-refractivity contribution in [1.82, 2.24) is 9.62 Å². The van der Waals surface area contributed by atoms with Crippen LogP contribution in [0.15, 0.2) is 47.4 Å². The van der Waals surface area contributed by atoms with Gasteiger partial charge in [-0.2, -0.15) is 30.6 Å². The Hall–Kier alpha value is -3.24. The number of para-hydroxylation sites is 1. The molecule has 0 spiro atoms. The minimum absolute atomic E-state index is 0.0234. The predicted octanol–water partition coefficient (Wildman–Crippen LogP) is 4.88. The lowest BCUT2D eigenvalue weighted by molar-refractivity contribution is -0.387. The molecular formula is C25H27F6N3O6S. The smallest absolute Gasteiger partial charge is 0.389 e. The summed E-state index contributed by atoms with van der Waals surface area (Å²) in [5.74, 6) is -0.907. The van der Waals surface area contributed by atoms with Crippen molar-refractivity contribution in [3.63, 3.8) is 0 Å². The number of rotatable bonds is 8. The number of alkyl halides is 6. The summed E-state index contributed by atoms with van der Waals surface area (Å²) in [5, 5.41) is 24.7. The van der Waals surface area contributed by atoms with Gasteiger partial charge in [0.15, 0.2) is 4.90 Å². The first-order valence-electron chi connectivity index (χ1n) is 12.1. The monoisotopic (exact) mass is 611 g/mol. The summed E-state index contributed by atoms with van der Waals surface area (Å²) in [5.41, 5.74) is -7.77. The third-order valence-corrected chi connectivity index (χ3v) is 9.39. The van der Waals surface area contributed by atoms with Gasteiger partial charge in [0.05, 0.1) is 27.1 Å². The van der Waals surface area contributed by atoms with Crippen molar-refractivity contribution < 1.29 is 49.6 Å². The Morgan fingerprint density at radius 3 is 2.12 bits per heavy atom. The second-order valence-corrected chi connectivity index (χ2v) is 12.3. The van der Waals surface area contributed by atoms with E-state index >= 15 is 0 Å². The molecule has 2 N–H and O–H groups in total. The number of carbonyl (C=O) groups is 1. The van der Waals surface area contributed by atoms with Crippen LogP contribution in [-0.4, -0.2) is 47.4 Å². The van der Waals surface area contributed by atoms with Gasteiger partial charge in [-0.25, -0.2) is 8.42 Å². The van der Waals surface area contributed by atoms with Gasteiger partial charge in [-0.1, -0.05) is 12.1 Å². The van der Waals surface area contributed by atoms with Gasteiger partial charge < -0.3 is 10.4 Å². The highest BCUT2D eigenvalue weighted by Gasteiger charge is 2.56. The molecule has 0 saturated heterocycles. The van der Waals surface area contributed by atoms with Crippen LogP contribution >= 0.6 is 0 Å². The van der Waals surface area contributed by atoms with E-state index in [0.717, 1.165) is 23.5 Å². The Balaban J connectivity index is 1.89. The zero-order valence-electron chi connectivity index (χ0n) is 22.0. The van der Waals surface area contributed by atoms with Crippen molar-refractivity contribution in [1.29, 1.82) is 0 Å². The van der Waals surface area contributed by atoms with E-state index in [-0.39, 0.29) is 25.3 Å². The summed E-state index contributed by atoms with van der Waals surface area (Å²) in [6.07, 6.45) is -10.5. The molecule has 3 rings (SSSR count). The van der Waals surface area contributed by atoms with Gasteiger partial charge >= 0.3 is 12.4 Å². The standard InChI is InChI=1S/C25H27F6N3O6S/c1-22(2,36)23(21(35)32-14-15-10-16(24(26,27)28)12-17(11-15)25(29,30)31)9-8-18(13-23)33(3)41(39,40)20-7-5-4-6-19(20)34(37)38/h4-7,10-12,18,36H,8-9,13-14H2,1-3H3,(H,32,35)/t18-,23-/m1/s1. The summed E-state index contributed by atoms with van der Waals surface area (Å²) >= 11 is 0. The molecule has 0 aliphatic heterocycles. The highest BCUT2D eigenvalue weighted by atomic mass is 32.2. The maximum absolute atomic E-state index is 13.4. The first-order chi connectivity index (χ1) is 18.6. The number of sulfonamides is 1. The normalized spacial score (nSPS) is 20.3. The second kappa shape index (κ2) is 10.9. The lowest BCUT2D eigenvalue weighted by Gasteiger charge is -2.39. The van der Waals surface area contributed by atoms with E-state index in [1.54, 1.807) is 0 Å². The Labute approximate surface area is 231 Å². The van der Waals surface area contributed by atoms with E-state index in [0.29, 0.717) is 12.1 Å². The number of benzene rings is 2. The molecule has 226 valence electrons. The number of hydrogen-bond acceptors (Lipinski definition) is 6. The third-order valence-electron chi connectivity index (χ3n) is 7.43.